The average Bonchev–Trinajstić information content (AvgIpc) is 2.60. The highest BCUT2D eigenvalue weighted by Gasteiger charge is 2.28. The van der Waals surface area contributed by atoms with Crippen LogP contribution in [0.5, 0.6) is 0 Å². The molecule has 0 spiro atoms. The normalized spacial score (nSPS) is 20.2. The Morgan fingerprint density at radius 3 is 2.88 bits per heavy atom. The van der Waals surface area contributed by atoms with Crippen LogP contribution in [0, 0.1) is 10.1 Å². The van der Waals surface area contributed by atoms with E-state index in [9.17, 15) is 14.9 Å². The molecule has 1 unspecified atom stereocenters. The van der Waals surface area contributed by atoms with Crippen LogP contribution in [-0.4, -0.2) is 29.3 Å². The van der Waals surface area contributed by atoms with Crippen molar-refractivity contribution in [2.24, 2.45) is 0 Å². The monoisotopic (exact) mass is 221 g/mol. The largest absolute Gasteiger partial charge is 0.325 e. The summed E-state index contributed by atoms with van der Waals surface area (Å²) >= 11 is 0. The first kappa shape index (κ1) is 10.6. The summed E-state index contributed by atoms with van der Waals surface area (Å²) in [4.78, 5) is 23.0. The summed E-state index contributed by atoms with van der Waals surface area (Å²) in [6.45, 7) is 0.268. The second-order valence-corrected chi connectivity index (χ2v) is 3.64. The highest BCUT2D eigenvalue weighted by atomic mass is 16.6. The number of non-ortho nitro benzene ring substituents is 1. The first-order valence-corrected chi connectivity index (χ1v) is 4.83. The molecular weight excluding hydrogens is 210 g/mol. The lowest BCUT2D eigenvalue weighted by Crippen LogP contribution is -2.25. The number of benzene rings is 1. The highest BCUT2D eigenvalue weighted by molar-refractivity contribution is 5.80. The predicted octanol–water partition coefficient (Wildman–Crippen LogP) is 0.655. The number of nitro groups is 1. The fourth-order valence-electron chi connectivity index (χ4n) is 1.74. The van der Waals surface area contributed by atoms with Gasteiger partial charge in [0.1, 0.15) is 6.17 Å². The molecule has 1 amide bonds. The van der Waals surface area contributed by atoms with Crippen LogP contribution in [-0.2, 0) is 4.79 Å². The SMILES string of the molecule is CN1C(=O)CNC1c1cccc([N+](=O)[O-])c1. The van der Waals surface area contributed by atoms with Crippen molar-refractivity contribution in [1.82, 2.24) is 10.2 Å². The Hall–Kier alpha value is -1.95. The molecule has 1 saturated heterocycles. The van der Waals surface area contributed by atoms with Gasteiger partial charge in [0.25, 0.3) is 5.69 Å². The van der Waals surface area contributed by atoms with E-state index in [0.717, 1.165) is 5.56 Å². The van der Waals surface area contributed by atoms with Gasteiger partial charge in [0.15, 0.2) is 0 Å². The zero-order valence-electron chi connectivity index (χ0n) is 8.71. The molecule has 1 aromatic carbocycles. The number of amides is 1. The van der Waals surface area contributed by atoms with Gasteiger partial charge in [-0.1, -0.05) is 12.1 Å². The molecule has 1 aliphatic rings. The fraction of sp³-hybridized carbons (Fsp3) is 0.300. The van der Waals surface area contributed by atoms with Gasteiger partial charge < -0.3 is 4.90 Å². The minimum atomic E-state index is -0.444. The minimum Gasteiger partial charge on any atom is -0.325 e. The summed E-state index contributed by atoms with van der Waals surface area (Å²) in [6.07, 6.45) is -0.271. The maximum atomic E-state index is 11.3. The lowest BCUT2D eigenvalue weighted by atomic mass is 10.1. The third kappa shape index (κ3) is 1.74. The molecule has 84 valence electrons. The Labute approximate surface area is 92.0 Å². The number of nitro benzene ring substituents is 1. The van der Waals surface area contributed by atoms with Crippen LogP contribution in [0.25, 0.3) is 0 Å². The summed E-state index contributed by atoms with van der Waals surface area (Å²) in [6, 6.07) is 6.29. The van der Waals surface area contributed by atoms with Crippen molar-refractivity contribution in [2.75, 3.05) is 13.6 Å². The molecule has 1 aliphatic heterocycles. The van der Waals surface area contributed by atoms with E-state index in [0.29, 0.717) is 0 Å². The third-order valence-electron chi connectivity index (χ3n) is 2.62. The molecule has 16 heavy (non-hydrogen) atoms. The van der Waals surface area contributed by atoms with Crippen LogP contribution in [0.2, 0.25) is 0 Å². The highest BCUT2D eigenvalue weighted by Crippen LogP contribution is 2.23. The van der Waals surface area contributed by atoms with E-state index in [1.54, 1.807) is 24.1 Å². The van der Waals surface area contributed by atoms with E-state index in [-0.39, 0.29) is 24.3 Å². The molecule has 1 atom stereocenters. The van der Waals surface area contributed by atoms with Gasteiger partial charge in [0.2, 0.25) is 5.91 Å². The van der Waals surface area contributed by atoms with Gasteiger partial charge >= 0.3 is 0 Å². The number of carbonyl (C=O) groups is 1. The molecule has 0 radical (unpaired) electrons. The topological polar surface area (TPSA) is 75.5 Å². The molecular formula is C10H11N3O3. The first-order valence-electron chi connectivity index (χ1n) is 4.83. The molecule has 0 aromatic heterocycles. The van der Waals surface area contributed by atoms with Crippen LogP contribution >= 0.6 is 0 Å². The lowest BCUT2D eigenvalue weighted by molar-refractivity contribution is -0.385. The van der Waals surface area contributed by atoms with Crippen LogP contribution < -0.4 is 5.32 Å². The molecule has 1 aromatic rings. The third-order valence-corrected chi connectivity index (χ3v) is 2.62. The van der Waals surface area contributed by atoms with Gasteiger partial charge in [-0.15, -0.1) is 0 Å². The molecule has 0 bridgehead atoms. The number of hydrogen-bond donors (Lipinski definition) is 1. The number of rotatable bonds is 2. The fourth-order valence-corrected chi connectivity index (χ4v) is 1.74. The van der Waals surface area contributed by atoms with Gasteiger partial charge in [-0.2, -0.15) is 0 Å². The van der Waals surface area contributed by atoms with Gasteiger partial charge in [-0.05, 0) is 5.56 Å². The molecule has 6 nitrogen and oxygen atoms in total. The molecule has 0 saturated carbocycles. The van der Waals surface area contributed by atoms with Crippen molar-refractivity contribution in [3.63, 3.8) is 0 Å². The minimum absolute atomic E-state index is 0.0171. The summed E-state index contributed by atoms with van der Waals surface area (Å²) < 4.78 is 0. The van der Waals surface area contributed by atoms with E-state index in [1.165, 1.54) is 12.1 Å². The van der Waals surface area contributed by atoms with Crippen LogP contribution in [0.4, 0.5) is 5.69 Å². The second kappa shape index (κ2) is 3.90. The summed E-state index contributed by atoms with van der Waals surface area (Å²) in [5.74, 6) is -0.0171. The number of nitrogens with zero attached hydrogens (tertiary/aromatic N) is 2. The van der Waals surface area contributed by atoms with Crippen LogP contribution in [0.3, 0.4) is 0 Å². The van der Waals surface area contributed by atoms with E-state index in [1.807, 2.05) is 0 Å². The van der Waals surface area contributed by atoms with E-state index in [2.05, 4.69) is 5.32 Å². The summed E-state index contributed by atoms with van der Waals surface area (Å²) in [7, 11) is 1.67. The molecule has 1 N–H and O–H groups in total. The maximum absolute atomic E-state index is 11.3. The van der Waals surface area contributed by atoms with Crippen molar-refractivity contribution < 1.29 is 9.72 Å². The van der Waals surface area contributed by atoms with Crippen molar-refractivity contribution in [2.45, 2.75) is 6.17 Å². The number of likely N-dealkylation sites (N-methyl/N-ethyl adjacent to an activating group) is 1. The number of nitrogens with one attached hydrogen (secondary N) is 1. The van der Waals surface area contributed by atoms with Crippen molar-refractivity contribution in [3.8, 4) is 0 Å². The number of hydrogen-bond acceptors (Lipinski definition) is 4. The Morgan fingerprint density at radius 1 is 1.56 bits per heavy atom. The lowest BCUT2D eigenvalue weighted by Gasteiger charge is -2.19. The number of carbonyl (C=O) groups excluding carboxylic acids is 1. The standard InChI is InChI=1S/C10H11N3O3/c1-12-9(14)6-11-10(12)7-3-2-4-8(5-7)13(15)16/h2-5,10-11H,6H2,1H3. The first-order chi connectivity index (χ1) is 7.59. The van der Waals surface area contributed by atoms with Crippen molar-refractivity contribution >= 4 is 11.6 Å². The zero-order chi connectivity index (χ0) is 11.7. The molecule has 0 aliphatic carbocycles. The van der Waals surface area contributed by atoms with E-state index >= 15 is 0 Å². The molecule has 6 heteroatoms. The zero-order valence-corrected chi connectivity index (χ0v) is 8.71. The summed E-state index contributed by atoms with van der Waals surface area (Å²) in [5, 5.41) is 13.6. The molecule has 1 heterocycles. The van der Waals surface area contributed by atoms with Gasteiger partial charge in [-0.3, -0.25) is 20.2 Å². The van der Waals surface area contributed by atoms with Gasteiger partial charge in [0, 0.05) is 19.2 Å². The quantitative estimate of drug-likeness (QED) is 0.587. The Bertz CT molecular complexity index is 447. The van der Waals surface area contributed by atoms with E-state index < -0.39 is 4.92 Å². The van der Waals surface area contributed by atoms with Crippen LogP contribution in [0.1, 0.15) is 11.7 Å². The summed E-state index contributed by atoms with van der Waals surface area (Å²) in [5.41, 5.74) is 0.759. The Kier molecular flexibility index (Phi) is 2.57. The van der Waals surface area contributed by atoms with E-state index in [4.69, 9.17) is 0 Å². The van der Waals surface area contributed by atoms with Gasteiger partial charge in [-0.25, -0.2) is 0 Å². The maximum Gasteiger partial charge on any atom is 0.269 e. The molecule has 2 rings (SSSR count). The van der Waals surface area contributed by atoms with Crippen molar-refractivity contribution in [1.29, 1.82) is 0 Å². The molecule has 1 fully saturated rings. The predicted molar refractivity (Wildman–Crippen MR) is 56.6 cm³/mol. The smallest absolute Gasteiger partial charge is 0.269 e. The second-order valence-electron chi connectivity index (χ2n) is 3.64. The Morgan fingerprint density at radius 2 is 2.31 bits per heavy atom. The van der Waals surface area contributed by atoms with Crippen LogP contribution in [0.15, 0.2) is 24.3 Å². The van der Waals surface area contributed by atoms with Crippen molar-refractivity contribution in [3.05, 3.63) is 39.9 Å². The average molecular weight is 221 g/mol. The van der Waals surface area contributed by atoms with Gasteiger partial charge in [0.05, 0.1) is 11.5 Å². The Balaban J connectivity index is 2.31.